The Morgan fingerprint density at radius 2 is 2.03 bits per heavy atom. The fourth-order valence-corrected chi connectivity index (χ4v) is 6.09. The minimum Gasteiger partial charge on any atom is -0.471 e. The summed E-state index contributed by atoms with van der Waals surface area (Å²) in [6.45, 7) is 8.05. The molecule has 12 heteroatoms. The number of pyridine rings is 1. The first-order chi connectivity index (χ1) is 16.5. The third-order valence-corrected chi connectivity index (χ3v) is 7.68. The molecular weight excluding hydrogens is 497 g/mol. The minimum absolute atomic E-state index is 0.00854. The lowest BCUT2D eigenvalue weighted by atomic mass is 9.94. The van der Waals surface area contributed by atoms with E-state index in [9.17, 15) is 9.00 Å². The van der Waals surface area contributed by atoms with Crippen LogP contribution in [-0.4, -0.2) is 72.8 Å². The van der Waals surface area contributed by atoms with Crippen molar-refractivity contribution in [2.75, 3.05) is 17.7 Å². The highest BCUT2D eigenvalue weighted by Gasteiger charge is 2.54. The van der Waals surface area contributed by atoms with Gasteiger partial charge in [0.25, 0.3) is 0 Å². The fourth-order valence-electron chi connectivity index (χ4n) is 5.48. The second-order valence-corrected chi connectivity index (χ2v) is 11.9. The summed E-state index contributed by atoms with van der Waals surface area (Å²) in [5.41, 5.74) is -0.683. The zero-order chi connectivity index (χ0) is 25.2. The Morgan fingerprint density at radius 1 is 1.29 bits per heavy atom. The highest BCUT2D eigenvalue weighted by Crippen LogP contribution is 2.46. The molecule has 0 aliphatic carbocycles. The molecule has 2 aromatic rings. The van der Waals surface area contributed by atoms with E-state index in [-0.39, 0.29) is 52.0 Å². The molecule has 0 saturated carbocycles. The number of carbonyl (C=O) groups excluding carboxylic acids is 1. The Bertz CT molecular complexity index is 1220. The quantitative estimate of drug-likeness (QED) is 0.437. The normalized spacial score (nSPS) is 26.3. The molecule has 5 atom stereocenters. The molecule has 2 bridgehead atoms. The molecule has 3 aliphatic heterocycles. The van der Waals surface area contributed by atoms with Crippen molar-refractivity contribution in [2.45, 2.75) is 88.4 Å². The molecule has 5 rings (SSSR count). The van der Waals surface area contributed by atoms with Crippen molar-refractivity contribution in [3.8, 4) is 5.88 Å². The van der Waals surface area contributed by atoms with Crippen molar-refractivity contribution in [3.63, 3.8) is 0 Å². The number of halogens is 2. The number of carbonyl (C=O) groups is 1. The lowest BCUT2D eigenvalue weighted by molar-refractivity contribution is -0.000959. The van der Waals surface area contributed by atoms with Gasteiger partial charge in [-0.15, -0.1) is 0 Å². The average Bonchev–Trinajstić information content (AvgIpc) is 3.01. The Balaban J connectivity index is 1.69. The zero-order valence-corrected chi connectivity index (χ0v) is 22.0. The van der Waals surface area contributed by atoms with Gasteiger partial charge in [0.2, 0.25) is 11.0 Å². The summed E-state index contributed by atoms with van der Waals surface area (Å²) >= 11 is 6.11. The molecule has 3 aliphatic rings. The minimum atomic E-state index is -1.56. The molecule has 35 heavy (non-hydrogen) atoms. The second kappa shape index (κ2) is 8.69. The Labute approximate surface area is 210 Å². The summed E-state index contributed by atoms with van der Waals surface area (Å²) < 4.78 is 39.7. The maximum Gasteiger partial charge on any atom is 0.410 e. The monoisotopic (exact) mass is 525 g/mol. The van der Waals surface area contributed by atoms with E-state index in [1.165, 1.54) is 6.26 Å². The highest BCUT2D eigenvalue weighted by atomic mass is 35.5. The predicted molar refractivity (Wildman–Crippen MR) is 130 cm³/mol. The van der Waals surface area contributed by atoms with E-state index >= 15 is 4.39 Å². The molecular formula is C23H29ClFN5O4S. The first kappa shape index (κ1) is 24.4. The van der Waals surface area contributed by atoms with Gasteiger partial charge in [0.05, 0.1) is 28.9 Å². The van der Waals surface area contributed by atoms with Crippen LogP contribution in [0.15, 0.2) is 5.16 Å². The third-order valence-electron chi connectivity index (χ3n) is 6.73. The van der Waals surface area contributed by atoms with Gasteiger partial charge in [0.1, 0.15) is 28.4 Å². The molecule has 1 unspecified atom stereocenters. The molecule has 9 nitrogen and oxygen atoms in total. The number of hydrogen-bond acceptors (Lipinski definition) is 8. The number of fused-ring (bicyclic) bond motifs is 5. The van der Waals surface area contributed by atoms with Crippen molar-refractivity contribution < 1.29 is 22.9 Å². The molecule has 0 aromatic carbocycles. The van der Waals surface area contributed by atoms with Crippen LogP contribution in [0.4, 0.5) is 15.0 Å². The van der Waals surface area contributed by atoms with E-state index in [4.69, 9.17) is 21.1 Å². The molecule has 190 valence electrons. The molecule has 2 fully saturated rings. The number of rotatable bonds is 3. The number of piperazine rings is 1. The molecule has 0 radical (unpaired) electrons. The topological polar surface area (TPSA) is 97.7 Å². The summed E-state index contributed by atoms with van der Waals surface area (Å²) in [6.07, 6.45) is 3.81. The van der Waals surface area contributed by atoms with Gasteiger partial charge in [0, 0.05) is 12.8 Å². The number of anilines is 1. The van der Waals surface area contributed by atoms with E-state index in [1.807, 2.05) is 25.7 Å². The maximum absolute atomic E-state index is 15.1. The van der Waals surface area contributed by atoms with Gasteiger partial charge in [-0.3, -0.25) is 9.11 Å². The van der Waals surface area contributed by atoms with Crippen molar-refractivity contribution in [1.82, 2.24) is 19.9 Å². The highest BCUT2D eigenvalue weighted by molar-refractivity contribution is 7.84. The van der Waals surface area contributed by atoms with Crippen molar-refractivity contribution in [3.05, 3.63) is 11.0 Å². The lowest BCUT2D eigenvalue weighted by Gasteiger charge is -2.48. The fraction of sp³-hybridized carbons (Fsp3) is 0.652. The van der Waals surface area contributed by atoms with E-state index in [2.05, 4.69) is 26.8 Å². The largest absolute Gasteiger partial charge is 0.471 e. The van der Waals surface area contributed by atoms with Gasteiger partial charge in [-0.1, -0.05) is 24.9 Å². The molecule has 2 saturated heterocycles. The number of hydrogen-bond donors (Lipinski definition) is 0. The van der Waals surface area contributed by atoms with Gasteiger partial charge >= 0.3 is 6.09 Å². The van der Waals surface area contributed by atoms with E-state index in [0.717, 1.165) is 19.3 Å². The summed E-state index contributed by atoms with van der Waals surface area (Å²) in [4.78, 5) is 30.2. The number of ether oxygens (including phenoxy) is 2. The predicted octanol–water partition coefficient (Wildman–Crippen LogP) is 4.07. The molecule has 5 heterocycles. The molecule has 0 N–H and O–H groups in total. The van der Waals surface area contributed by atoms with Crippen molar-refractivity contribution in [1.29, 1.82) is 0 Å². The van der Waals surface area contributed by atoms with E-state index in [1.54, 1.807) is 0 Å². The van der Waals surface area contributed by atoms with Crippen molar-refractivity contribution in [2.24, 2.45) is 0 Å². The van der Waals surface area contributed by atoms with Gasteiger partial charge in [-0.2, -0.15) is 4.98 Å². The third kappa shape index (κ3) is 4.10. The number of aromatic nitrogens is 3. The molecule has 2 aromatic heterocycles. The Hall–Kier alpha value is -2.27. The molecule has 1 amide bonds. The first-order valence-electron chi connectivity index (χ1n) is 11.8. The second-order valence-electron chi connectivity index (χ2n) is 10.3. The summed E-state index contributed by atoms with van der Waals surface area (Å²) in [5.74, 6) is -0.227. The van der Waals surface area contributed by atoms with Gasteiger partial charge < -0.3 is 14.4 Å². The van der Waals surface area contributed by atoms with Crippen LogP contribution >= 0.6 is 11.6 Å². The summed E-state index contributed by atoms with van der Waals surface area (Å²) in [6, 6.07) is -0.593. The van der Waals surface area contributed by atoms with Gasteiger partial charge in [-0.25, -0.2) is 19.2 Å². The van der Waals surface area contributed by atoms with Gasteiger partial charge in [0.15, 0.2) is 11.0 Å². The zero-order valence-electron chi connectivity index (χ0n) is 20.4. The van der Waals surface area contributed by atoms with Crippen LogP contribution in [-0.2, 0) is 15.5 Å². The SMILES string of the molecule is CCC[C@@H]1Oc2nc(Cl)c(F)c3nc(S(C)=O)nc(c23)N2C[C@H]3CC[C@@H]([C@@H]12)N3C(=O)OC(C)(C)C. The lowest BCUT2D eigenvalue weighted by Crippen LogP contribution is -2.66. The van der Waals surface area contributed by atoms with E-state index in [0.29, 0.717) is 24.2 Å². The van der Waals surface area contributed by atoms with Crippen LogP contribution in [0.2, 0.25) is 5.15 Å². The van der Waals surface area contributed by atoms with Crippen LogP contribution < -0.4 is 9.64 Å². The standard InChI is InChI=1S/C23H29ClFN5O4S/c1-6-7-13-17-12-9-8-11(30(12)22(31)34-23(2,3)4)10-29(17)19-14-16(26-21(28-19)35(5)32)15(25)18(24)27-20(14)33-13/h11-13,17H,6-10H2,1-5H3/t11-,12+,13+,17+,35?/m1/s1. The van der Waals surface area contributed by atoms with Crippen LogP contribution in [0.25, 0.3) is 10.9 Å². The van der Waals surface area contributed by atoms with Crippen molar-refractivity contribution >= 4 is 45.2 Å². The Kier molecular flexibility index (Phi) is 6.06. The van der Waals surface area contributed by atoms with Gasteiger partial charge in [-0.05, 0) is 40.0 Å². The first-order valence-corrected chi connectivity index (χ1v) is 13.8. The van der Waals surface area contributed by atoms with E-state index < -0.39 is 22.2 Å². The smallest absolute Gasteiger partial charge is 0.410 e. The summed E-state index contributed by atoms with van der Waals surface area (Å²) in [7, 11) is -1.56. The van der Waals surface area contributed by atoms with Crippen LogP contribution in [0, 0.1) is 5.82 Å². The van der Waals surface area contributed by atoms with Crippen LogP contribution in [0.5, 0.6) is 5.88 Å². The summed E-state index contributed by atoms with van der Waals surface area (Å²) in [5, 5.41) is -0.0407. The molecule has 0 spiro atoms. The van der Waals surface area contributed by atoms with Crippen LogP contribution in [0.1, 0.15) is 53.4 Å². The maximum atomic E-state index is 15.1. The average molecular weight is 526 g/mol. The van der Waals surface area contributed by atoms with Crippen LogP contribution in [0.3, 0.4) is 0 Å². The Morgan fingerprint density at radius 3 is 2.69 bits per heavy atom. The number of nitrogens with zero attached hydrogens (tertiary/aromatic N) is 5. The number of amides is 1.